The lowest BCUT2D eigenvalue weighted by Crippen LogP contribution is -2.56. The van der Waals surface area contributed by atoms with Crippen molar-refractivity contribution in [2.45, 2.75) is 82.0 Å². The second-order valence-electron chi connectivity index (χ2n) is 11.2. The molecular formula is C27H39FN4O2. The molecule has 6 nitrogen and oxygen atoms in total. The molecule has 0 aromatic heterocycles. The third kappa shape index (κ3) is 5.15. The van der Waals surface area contributed by atoms with Crippen molar-refractivity contribution in [3.63, 3.8) is 0 Å². The Labute approximate surface area is 202 Å². The van der Waals surface area contributed by atoms with Gasteiger partial charge in [-0.05, 0) is 62.8 Å². The number of benzene rings is 1. The van der Waals surface area contributed by atoms with Crippen molar-refractivity contribution < 1.29 is 14.0 Å². The van der Waals surface area contributed by atoms with Gasteiger partial charge in [0.15, 0.2) is 0 Å². The summed E-state index contributed by atoms with van der Waals surface area (Å²) in [5.74, 6) is 0.700. The van der Waals surface area contributed by atoms with E-state index in [9.17, 15) is 14.0 Å². The number of halogens is 1. The predicted octanol–water partition coefficient (Wildman–Crippen LogP) is 3.16. The molecule has 5 rings (SSSR count). The SMILES string of the molecule is CN(CC1CCCCC1)[C@H]1C[C@H]2C(=O)NC3(CCN(Cc4ccc(F)cc4)CC3)CC(=O)N2C1. The third-order valence-electron chi connectivity index (χ3n) is 8.81. The number of nitrogens with zero attached hydrogens (tertiary/aromatic N) is 3. The first kappa shape index (κ1) is 23.7. The second kappa shape index (κ2) is 9.94. The molecule has 0 bridgehead atoms. The number of likely N-dealkylation sites (N-methyl/N-ethyl adjacent to an activating group) is 1. The highest BCUT2D eigenvalue weighted by Gasteiger charge is 2.49. The van der Waals surface area contributed by atoms with E-state index in [1.807, 2.05) is 17.0 Å². The van der Waals surface area contributed by atoms with Crippen molar-refractivity contribution >= 4 is 11.8 Å². The number of carbonyl (C=O) groups excluding carboxylic acids is 2. The van der Waals surface area contributed by atoms with Gasteiger partial charge in [0.05, 0.1) is 12.0 Å². The van der Waals surface area contributed by atoms with Crippen LogP contribution in [0.25, 0.3) is 0 Å². The fraction of sp³-hybridized carbons (Fsp3) is 0.704. The second-order valence-corrected chi connectivity index (χ2v) is 11.2. The van der Waals surface area contributed by atoms with Gasteiger partial charge in [0, 0.05) is 38.8 Å². The van der Waals surface area contributed by atoms with E-state index >= 15 is 0 Å². The molecular weight excluding hydrogens is 431 g/mol. The van der Waals surface area contributed by atoms with Crippen molar-refractivity contribution in [2.24, 2.45) is 5.92 Å². The van der Waals surface area contributed by atoms with Gasteiger partial charge in [-0.3, -0.25) is 14.5 Å². The number of nitrogens with one attached hydrogen (secondary N) is 1. The summed E-state index contributed by atoms with van der Waals surface area (Å²) in [4.78, 5) is 33.3. The molecule has 34 heavy (non-hydrogen) atoms. The average Bonchev–Trinajstić information content (AvgIpc) is 3.26. The van der Waals surface area contributed by atoms with Crippen LogP contribution in [-0.2, 0) is 16.1 Å². The van der Waals surface area contributed by atoms with Crippen LogP contribution in [0.15, 0.2) is 24.3 Å². The van der Waals surface area contributed by atoms with Crippen LogP contribution >= 0.6 is 0 Å². The molecule has 2 atom stereocenters. The van der Waals surface area contributed by atoms with Crippen LogP contribution in [0.3, 0.4) is 0 Å². The molecule has 186 valence electrons. The lowest BCUT2D eigenvalue weighted by Gasteiger charge is -2.41. The van der Waals surface area contributed by atoms with Crippen LogP contribution in [0, 0.1) is 11.7 Å². The molecule has 7 heteroatoms. The highest BCUT2D eigenvalue weighted by molar-refractivity contribution is 5.92. The zero-order valence-electron chi connectivity index (χ0n) is 20.5. The van der Waals surface area contributed by atoms with E-state index < -0.39 is 5.54 Å². The molecule has 1 aliphatic carbocycles. The minimum Gasteiger partial charge on any atom is -0.348 e. The standard InChI is InChI=1S/C27H39FN4O2/c1-30(17-20-5-3-2-4-6-20)23-15-24-26(34)29-27(16-25(33)32(24)19-23)11-13-31(14-12-27)18-21-7-9-22(28)10-8-21/h7-10,20,23-24H,2-6,11-19H2,1H3,(H,29,34)/t23-,24-/m0/s1. The number of hydrogen-bond acceptors (Lipinski definition) is 4. The van der Waals surface area contributed by atoms with E-state index in [1.165, 1.54) is 44.2 Å². The molecule has 3 aliphatic heterocycles. The first-order chi connectivity index (χ1) is 16.4. The summed E-state index contributed by atoms with van der Waals surface area (Å²) in [6.07, 6.45) is 9.35. The Kier molecular flexibility index (Phi) is 6.94. The highest BCUT2D eigenvalue weighted by atomic mass is 19.1. The highest BCUT2D eigenvalue weighted by Crippen LogP contribution is 2.34. The molecule has 0 unspecified atom stereocenters. The van der Waals surface area contributed by atoms with Crippen LogP contribution < -0.4 is 5.32 Å². The van der Waals surface area contributed by atoms with Crippen LogP contribution in [0.4, 0.5) is 4.39 Å². The number of piperidine rings is 1. The summed E-state index contributed by atoms with van der Waals surface area (Å²) in [5.41, 5.74) is 0.656. The number of fused-ring (bicyclic) bond motifs is 1. The quantitative estimate of drug-likeness (QED) is 0.718. The van der Waals surface area contributed by atoms with Crippen molar-refractivity contribution in [2.75, 3.05) is 33.2 Å². The molecule has 3 saturated heterocycles. The molecule has 1 aromatic carbocycles. The summed E-state index contributed by atoms with van der Waals surface area (Å²) in [7, 11) is 2.17. The molecule has 1 N–H and O–H groups in total. The fourth-order valence-electron chi connectivity index (χ4n) is 6.65. The van der Waals surface area contributed by atoms with Gasteiger partial charge in [-0.15, -0.1) is 0 Å². The van der Waals surface area contributed by atoms with Gasteiger partial charge in [-0.2, -0.15) is 0 Å². The molecule has 4 fully saturated rings. The van der Waals surface area contributed by atoms with E-state index in [4.69, 9.17) is 0 Å². The van der Waals surface area contributed by atoms with E-state index in [0.717, 1.165) is 56.9 Å². The van der Waals surface area contributed by atoms with Crippen LogP contribution in [-0.4, -0.2) is 77.4 Å². The Hall–Kier alpha value is -1.99. The van der Waals surface area contributed by atoms with Gasteiger partial charge < -0.3 is 15.1 Å². The van der Waals surface area contributed by atoms with Crippen molar-refractivity contribution in [3.8, 4) is 0 Å². The molecule has 1 spiro atoms. The summed E-state index contributed by atoms with van der Waals surface area (Å²) >= 11 is 0. The van der Waals surface area contributed by atoms with Gasteiger partial charge in [-0.1, -0.05) is 31.4 Å². The third-order valence-corrected chi connectivity index (χ3v) is 8.81. The lowest BCUT2D eigenvalue weighted by molar-refractivity contribution is -0.135. The topological polar surface area (TPSA) is 55.9 Å². The van der Waals surface area contributed by atoms with E-state index in [1.54, 1.807) is 0 Å². The smallest absolute Gasteiger partial charge is 0.243 e. The summed E-state index contributed by atoms with van der Waals surface area (Å²) in [5, 5.41) is 3.33. The summed E-state index contributed by atoms with van der Waals surface area (Å²) in [6.45, 7) is 4.16. The maximum absolute atomic E-state index is 13.3. The average molecular weight is 471 g/mol. The molecule has 4 aliphatic rings. The normalized spacial score (nSPS) is 28.3. The number of rotatable bonds is 5. The molecule has 3 heterocycles. The first-order valence-electron chi connectivity index (χ1n) is 13.2. The summed E-state index contributed by atoms with van der Waals surface area (Å²) in [6, 6.07) is 6.59. The maximum Gasteiger partial charge on any atom is 0.243 e. The monoisotopic (exact) mass is 470 g/mol. The predicted molar refractivity (Wildman–Crippen MR) is 130 cm³/mol. The van der Waals surface area contributed by atoms with E-state index in [-0.39, 0.29) is 29.7 Å². The maximum atomic E-state index is 13.3. The van der Waals surface area contributed by atoms with Gasteiger partial charge in [0.1, 0.15) is 11.9 Å². The summed E-state index contributed by atoms with van der Waals surface area (Å²) < 4.78 is 13.2. The van der Waals surface area contributed by atoms with Gasteiger partial charge in [0.2, 0.25) is 11.8 Å². The van der Waals surface area contributed by atoms with E-state index in [2.05, 4.69) is 22.2 Å². The zero-order chi connectivity index (χ0) is 23.7. The number of amides is 2. The minimum absolute atomic E-state index is 0.0337. The zero-order valence-corrected chi connectivity index (χ0v) is 20.5. The number of likely N-dealkylation sites (tertiary alicyclic amines) is 1. The number of hydrogen-bond donors (Lipinski definition) is 1. The number of carbonyl (C=O) groups is 2. The fourth-order valence-corrected chi connectivity index (χ4v) is 6.65. The Morgan fingerprint density at radius 1 is 1.09 bits per heavy atom. The van der Waals surface area contributed by atoms with Gasteiger partial charge in [0.25, 0.3) is 0 Å². The molecule has 1 saturated carbocycles. The first-order valence-corrected chi connectivity index (χ1v) is 13.2. The van der Waals surface area contributed by atoms with Crippen molar-refractivity contribution in [3.05, 3.63) is 35.6 Å². The van der Waals surface area contributed by atoms with Crippen LogP contribution in [0.5, 0.6) is 0 Å². The molecule has 1 aromatic rings. The Morgan fingerprint density at radius 3 is 2.50 bits per heavy atom. The minimum atomic E-state index is -0.429. The Balaban J connectivity index is 1.17. The van der Waals surface area contributed by atoms with Crippen LogP contribution in [0.1, 0.15) is 63.4 Å². The van der Waals surface area contributed by atoms with Crippen molar-refractivity contribution in [1.29, 1.82) is 0 Å². The lowest BCUT2D eigenvalue weighted by atomic mass is 9.83. The Bertz CT molecular complexity index is 849. The molecule has 2 amide bonds. The van der Waals surface area contributed by atoms with E-state index in [0.29, 0.717) is 13.0 Å². The molecule has 0 radical (unpaired) electrons. The van der Waals surface area contributed by atoms with Gasteiger partial charge >= 0.3 is 0 Å². The Morgan fingerprint density at radius 2 is 1.79 bits per heavy atom. The van der Waals surface area contributed by atoms with Gasteiger partial charge in [-0.25, -0.2) is 4.39 Å². The van der Waals surface area contributed by atoms with Crippen LogP contribution in [0.2, 0.25) is 0 Å². The van der Waals surface area contributed by atoms with Crippen molar-refractivity contribution in [1.82, 2.24) is 20.0 Å². The largest absolute Gasteiger partial charge is 0.348 e.